The lowest BCUT2D eigenvalue weighted by Gasteiger charge is -2.33. The van der Waals surface area contributed by atoms with Gasteiger partial charge in [0.15, 0.2) is 0 Å². The number of ketones is 1. The molecular formula is C16H23NO2Si. The molecule has 0 amide bonds. The van der Waals surface area contributed by atoms with Crippen LogP contribution in [-0.4, -0.2) is 19.8 Å². The van der Waals surface area contributed by atoms with Gasteiger partial charge in [-0.3, -0.25) is 4.79 Å². The zero-order chi connectivity index (χ0) is 15.0. The van der Waals surface area contributed by atoms with Crippen LogP contribution in [0.3, 0.4) is 0 Å². The Morgan fingerprint density at radius 3 is 2.45 bits per heavy atom. The summed E-state index contributed by atoms with van der Waals surface area (Å²) in [6.45, 7) is 10.8. The normalized spacial score (nSPS) is 18.1. The van der Waals surface area contributed by atoms with Gasteiger partial charge in [0, 0.05) is 12.0 Å². The fourth-order valence-corrected chi connectivity index (χ4v) is 2.49. The first-order valence-corrected chi connectivity index (χ1v) is 10.0. The Morgan fingerprint density at radius 2 is 1.80 bits per heavy atom. The van der Waals surface area contributed by atoms with Gasteiger partial charge in [-0.25, -0.2) is 0 Å². The molecule has 1 aliphatic rings. The Balaban J connectivity index is 2.20. The average Bonchev–Trinajstić information content (AvgIpc) is 2.37. The Hall–Kier alpha value is -1.42. The maximum atomic E-state index is 12.4. The molecule has 0 spiro atoms. The molecule has 0 fully saturated rings. The first-order valence-electron chi connectivity index (χ1n) is 7.10. The number of carbonyl (C=O) groups is 1. The third kappa shape index (κ3) is 2.85. The number of fused-ring (bicyclic) bond motifs is 1. The molecule has 0 bridgehead atoms. The minimum Gasteiger partial charge on any atom is -0.454 e. The number of hydrogen-bond acceptors (Lipinski definition) is 3. The number of hydrogen-bond donors (Lipinski definition) is 0. The second-order valence-corrected chi connectivity index (χ2v) is 11.6. The van der Waals surface area contributed by atoms with Crippen molar-refractivity contribution in [1.82, 2.24) is 0 Å². The van der Waals surface area contributed by atoms with Crippen molar-refractivity contribution in [3.63, 3.8) is 0 Å². The summed E-state index contributed by atoms with van der Waals surface area (Å²) < 4.78 is 5.82. The molecule has 0 saturated heterocycles. The number of benzene rings is 1. The number of rotatable bonds is 2. The minimum absolute atomic E-state index is 0.0190. The highest BCUT2D eigenvalue weighted by Gasteiger charge is 2.40. The van der Waals surface area contributed by atoms with Crippen LogP contribution in [0.15, 0.2) is 29.4 Å². The second kappa shape index (κ2) is 5.17. The summed E-state index contributed by atoms with van der Waals surface area (Å²) in [6, 6.07) is 7.76. The van der Waals surface area contributed by atoms with Crippen LogP contribution in [0.4, 0.5) is 0 Å². The minimum atomic E-state index is -1.95. The maximum absolute atomic E-state index is 12.4. The van der Waals surface area contributed by atoms with Crippen molar-refractivity contribution in [1.29, 1.82) is 0 Å². The van der Waals surface area contributed by atoms with Gasteiger partial charge < -0.3 is 4.53 Å². The van der Waals surface area contributed by atoms with E-state index < -0.39 is 8.32 Å². The zero-order valence-electron chi connectivity index (χ0n) is 13.0. The van der Waals surface area contributed by atoms with E-state index in [2.05, 4.69) is 39.0 Å². The van der Waals surface area contributed by atoms with E-state index in [0.29, 0.717) is 12.1 Å². The molecule has 108 valence electrons. The van der Waals surface area contributed by atoms with Gasteiger partial charge in [-0.2, -0.15) is 0 Å². The van der Waals surface area contributed by atoms with Crippen LogP contribution in [0.2, 0.25) is 18.1 Å². The fourth-order valence-electron chi connectivity index (χ4n) is 1.88. The smallest absolute Gasteiger partial charge is 0.286 e. The molecule has 1 aromatic carbocycles. The van der Waals surface area contributed by atoms with Crippen molar-refractivity contribution >= 4 is 19.8 Å². The SMILES string of the molecule is CC(C)(C)[Si](C)(C)O/N=C1\CCc2ccccc2C1=O. The van der Waals surface area contributed by atoms with E-state index in [1.807, 2.05) is 24.3 Å². The molecule has 20 heavy (non-hydrogen) atoms. The Kier molecular flexibility index (Phi) is 3.87. The lowest BCUT2D eigenvalue weighted by Crippen LogP contribution is -2.39. The van der Waals surface area contributed by atoms with Crippen molar-refractivity contribution in [2.45, 2.75) is 51.7 Å². The quantitative estimate of drug-likeness (QED) is 0.605. The van der Waals surface area contributed by atoms with Crippen LogP contribution in [0.5, 0.6) is 0 Å². The molecule has 0 aliphatic heterocycles. The predicted molar refractivity (Wildman–Crippen MR) is 84.8 cm³/mol. The van der Waals surface area contributed by atoms with Crippen molar-refractivity contribution in [3.05, 3.63) is 35.4 Å². The highest BCUT2D eigenvalue weighted by atomic mass is 28.4. The van der Waals surface area contributed by atoms with Crippen molar-refractivity contribution in [2.24, 2.45) is 5.16 Å². The van der Waals surface area contributed by atoms with Crippen LogP contribution in [-0.2, 0) is 10.9 Å². The summed E-state index contributed by atoms with van der Waals surface area (Å²) in [7, 11) is -1.95. The van der Waals surface area contributed by atoms with Crippen LogP contribution in [0.25, 0.3) is 0 Å². The Bertz CT molecular complexity index is 556. The first-order chi connectivity index (χ1) is 9.22. The number of aryl methyl sites for hydroxylation is 1. The third-order valence-electron chi connectivity index (χ3n) is 4.35. The van der Waals surface area contributed by atoms with E-state index in [4.69, 9.17) is 4.53 Å². The molecule has 2 rings (SSSR count). The number of oxime groups is 1. The van der Waals surface area contributed by atoms with E-state index in [1.54, 1.807) is 0 Å². The van der Waals surface area contributed by atoms with E-state index in [0.717, 1.165) is 17.5 Å². The topological polar surface area (TPSA) is 38.7 Å². The van der Waals surface area contributed by atoms with Crippen LogP contribution in [0.1, 0.15) is 43.1 Å². The summed E-state index contributed by atoms with van der Waals surface area (Å²) in [5, 5.41) is 4.32. The average molecular weight is 289 g/mol. The fraction of sp³-hybridized carbons (Fsp3) is 0.500. The van der Waals surface area contributed by atoms with Crippen molar-refractivity contribution in [3.8, 4) is 0 Å². The van der Waals surface area contributed by atoms with Gasteiger partial charge in [0.05, 0.1) is 0 Å². The van der Waals surface area contributed by atoms with E-state index in [9.17, 15) is 4.79 Å². The molecule has 0 unspecified atom stereocenters. The van der Waals surface area contributed by atoms with Gasteiger partial charge in [0.25, 0.3) is 8.32 Å². The summed E-state index contributed by atoms with van der Waals surface area (Å²) in [5.41, 5.74) is 2.45. The molecule has 0 atom stereocenters. The molecule has 4 heteroatoms. The molecule has 3 nitrogen and oxygen atoms in total. The number of Topliss-reactive ketones (excluding diaryl/α,β-unsaturated/α-hetero) is 1. The molecule has 1 aliphatic carbocycles. The van der Waals surface area contributed by atoms with Crippen LogP contribution >= 0.6 is 0 Å². The van der Waals surface area contributed by atoms with Crippen LogP contribution in [0, 0.1) is 0 Å². The lowest BCUT2D eigenvalue weighted by atomic mass is 9.89. The van der Waals surface area contributed by atoms with Crippen LogP contribution < -0.4 is 0 Å². The van der Waals surface area contributed by atoms with Gasteiger partial charge in [0.1, 0.15) is 5.71 Å². The van der Waals surface area contributed by atoms with E-state index >= 15 is 0 Å². The number of carbonyl (C=O) groups excluding carboxylic acids is 1. The predicted octanol–water partition coefficient (Wildman–Crippen LogP) is 4.19. The molecule has 0 N–H and O–H groups in total. The molecule has 0 radical (unpaired) electrons. The summed E-state index contributed by atoms with van der Waals surface area (Å²) in [5.74, 6) is 0.0190. The van der Waals surface area contributed by atoms with Gasteiger partial charge in [-0.1, -0.05) is 45.0 Å². The zero-order valence-corrected chi connectivity index (χ0v) is 14.0. The standard InChI is InChI=1S/C16H23NO2Si/c1-16(2,3)20(4,5)19-17-14-11-10-12-8-6-7-9-13(12)15(14)18/h6-9H,10-11H2,1-5H3/b17-14+. The summed E-state index contributed by atoms with van der Waals surface area (Å²) in [4.78, 5) is 12.4. The highest BCUT2D eigenvalue weighted by molar-refractivity contribution is 6.74. The highest BCUT2D eigenvalue weighted by Crippen LogP contribution is 2.36. The van der Waals surface area contributed by atoms with Gasteiger partial charge in [-0.05, 0) is 30.1 Å². The Morgan fingerprint density at radius 1 is 1.15 bits per heavy atom. The summed E-state index contributed by atoms with van der Waals surface area (Å²) >= 11 is 0. The van der Waals surface area contributed by atoms with Crippen molar-refractivity contribution < 1.29 is 9.32 Å². The largest absolute Gasteiger partial charge is 0.454 e. The van der Waals surface area contributed by atoms with E-state index in [1.165, 1.54) is 0 Å². The molecule has 0 aromatic heterocycles. The molecule has 1 aromatic rings. The maximum Gasteiger partial charge on any atom is 0.286 e. The summed E-state index contributed by atoms with van der Waals surface area (Å²) in [6.07, 6.45) is 1.53. The first kappa shape index (κ1) is 15.0. The third-order valence-corrected chi connectivity index (χ3v) is 8.51. The van der Waals surface area contributed by atoms with Gasteiger partial charge in [0.2, 0.25) is 5.78 Å². The molecule has 0 heterocycles. The molecule has 0 saturated carbocycles. The monoisotopic (exact) mass is 289 g/mol. The second-order valence-electron chi connectivity index (χ2n) is 6.88. The Labute approximate surface area is 122 Å². The van der Waals surface area contributed by atoms with Gasteiger partial charge in [-0.15, -0.1) is 5.16 Å². The lowest BCUT2D eigenvalue weighted by molar-refractivity contribution is 0.105. The molecular weight excluding hydrogens is 266 g/mol. The number of nitrogens with zero attached hydrogens (tertiary/aromatic N) is 1. The van der Waals surface area contributed by atoms with E-state index in [-0.39, 0.29) is 10.8 Å². The van der Waals surface area contributed by atoms with Crippen molar-refractivity contribution in [2.75, 3.05) is 0 Å². The van der Waals surface area contributed by atoms with Gasteiger partial charge >= 0.3 is 0 Å².